The van der Waals surface area contributed by atoms with Gasteiger partial charge in [-0.25, -0.2) is 0 Å². The molecule has 24 heavy (non-hydrogen) atoms. The molecule has 4 heteroatoms. The van der Waals surface area contributed by atoms with Gasteiger partial charge in [0.1, 0.15) is 12.4 Å². The van der Waals surface area contributed by atoms with Crippen LogP contribution in [0.4, 0.5) is 11.4 Å². The van der Waals surface area contributed by atoms with Gasteiger partial charge < -0.3 is 15.4 Å². The summed E-state index contributed by atoms with van der Waals surface area (Å²) in [6.07, 6.45) is 0. The summed E-state index contributed by atoms with van der Waals surface area (Å²) in [7, 11) is 0. The van der Waals surface area contributed by atoms with E-state index in [1.807, 2.05) is 63.2 Å². The van der Waals surface area contributed by atoms with E-state index in [1.165, 1.54) is 0 Å². The van der Waals surface area contributed by atoms with Gasteiger partial charge in [-0.15, -0.1) is 0 Å². The van der Waals surface area contributed by atoms with Crippen molar-refractivity contribution in [2.45, 2.75) is 20.8 Å². The summed E-state index contributed by atoms with van der Waals surface area (Å²) >= 11 is 0. The van der Waals surface area contributed by atoms with E-state index in [1.54, 1.807) is 0 Å². The molecule has 0 atom stereocenters. The molecule has 4 nitrogen and oxygen atoms in total. The Bertz CT molecular complexity index is 738. The largest absolute Gasteiger partial charge is 0.487 e. The fraction of sp³-hybridized carbons (Fsp3) is 0.250. The average molecular weight is 324 g/mol. The molecule has 2 aromatic rings. The Balaban J connectivity index is 1.97. The Morgan fingerprint density at radius 1 is 1.08 bits per heavy atom. The van der Waals surface area contributed by atoms with Crippen molar-refractivity contribution in [3.8, 4) is 5.75 Å². The molecule has 1 amide bonds. The summed E-state index contributed by atoms with van der Waals surface area (Å²) in [5, 5.41) is 6.06. The minimum absolute atomic E-state index is 0.0987. The number of rotatable bonds is 7. The zero-order chi connectivity index (χ0) is 17.5. The number of para-hydroxylation sites is 2. The van der Waals surface area contributed by atoms with E-state index in [9.17, 15) is 4.79 Å². The molecule has 0 aliphatic rings. The highest BCUT2D eigenvalue weighted by Crippen LogP contribution is 2.24. The van der Waals surface area contributed by atoms with Crippen molar-refractivity contribution < 1.29 is 9.53 Å². The monoisotopic (exact) mass is 324 g/mol. The lowest BCUT2D eigenvalue weighted by Gasteiger charge is -2.14. The molecule has 2 aromatic carbocycles. The standard InChI is InChI=1S/C20H24N2O2/c1-14(2)13-24-19-11-6-5-9-18(19)21-12-20(23)22-17-10-7-8-15(3)16(17)4/h5-11,21H,1,12-13H2,2-4H3,(H,22,23). The SMILES string of the molecule is C=C(C)COc1ccccc1NCC(=O)Nc1cccc(C)c1C. The first-order chi connectivity index (χ1) is 11.5. The molecule has 0 unspecified atom stereocenters. The van der Waals surface area contributed by atoms with E-state index in [4.69, 9.17) is 4.74 Å². The number of benzene rings is 2. The van der Waals surface area contributed by atoms with Crippen LogP contribution < -0.4 is 15.4 Å². The van der Waals surface area contributed by atoms with E-state index in [0.717, 1.165) is 28.1 Å². The maximum atomic E-state index is 12.2. The summed E-state index contributed by atoms with van der Waals surface area (Å²) in [6.45, 7) is 10.4. The van der Waals surface area contributed by atoms with Crippen LogP contribution in [-0.4, -0.2) is 19.1 Å². The maximum Gasteiger partial charge on any atom is 0.243 e. The smallest absolute Gasteiger partial charge is 0.243 e. The number of hydrogen-bond donors (Lipinski definition) is 2. The summed E-state index contributed by atoms with van der Waals surface area (Å²) in [6, 6.07) is 13.4. The van der Waals surface area contributed by atoms with Crippen LogP contribution in [0, 0.1) is 13.8 Å². The van der Waals surface area contributed by atoms with Gasteiger partial charge in [-0.05, 0) is 55.7 Å². The highest BCUT2D eigenvalue weighted by molar-refractivity contribution is 5.94. The molecule has 0 fully saturated rings. The second kappa shape index (κ2) is 8.20. The van der Waals surface area contributed by atoms with Crippen molar-refractivity contribution in [3.05, 3.63) is 65.7 Å². The van der Waals surface area contributed by atoms with E-state index in [-0.39, 0.29) is 12.5 Å². The van der Waals surface area contributed by atoms with Gasteiger partial charge in [-0.2, -0.15) is 0 Å². The summed E-state index contributed by atoms with van der Waals surface area (Å²) in [5.41, 5.74) is 4.80. The highest BCUT2D eigenvalue weighted by Gasteiger charge is 2.08. The lowest BCUT2D eigenvalue weighted by molar-refractivity contribution is -0.114. The zero-order valence-corrected chi connectivity index (χ0v) is 14.5. The molecule has 0 spiro atoms. The fourth-order valence-corrected chi connectivity index (χ4v) is 2.20. The highest BCUT2D eigenvalue weighted by atomic mass is 16.5. The Hall–Kier alpha value is -2.75. The molecule has 2 rings (SSSR count). The van der Waals surface area contributed by atoms with Crippen molar-refractivity contribution in [3.63, 3.8) is 0 Å². The van der Waals surface area contributed by atoms with E-state index in [2.05, 4.69) is 17.2 Å². The average Bonchev–Trinajstić information content (AvgIpc) is 2.56. The molecule has 0 heterocycles. The molecule has 0 saturated heterocycles. The first-order valence-corrected chi connectivity index (χ1v) is 7.93. The quantitative estimate of drug-likeness (QED) is 0.746. The Kier molecular flexibility index (Phi) is 6.01. The van der Waals surface area contributed by atoms with Crippen LogP contribution in [0.15, 0.2) is 54.6 Å². The molecular weight excluding hydrogens is 300 g/mol. The Morgan fingerprint density at radius 3 is 2.54 bits per heavy atom. The molecule has 0 aliphatic heterocycles. The van der Waals surface area contributed by atoms with Gasteiger partial charge in [0.05, 0.1) is 12.2 Å². The summed E-state index contributed by atoms with van der Waals surface area (Å²) in [4.78, 5) is 12.2. The normalized spacial score (nSPS) is 10.1. The summed E-state index contributed by atoms with van der Waals surface area (Å²) in [5.74, 6) is 0.610. The van der Waals surface area contributed by atoms with Crippen LogP contribution >= 0.6 is 0 Å². The number of carbonyl (C=O) groups is 1. The lowest BCUT2D eigenvalue weighted by atomic mass is 10.1. The lowest BCUT2D eigenvalue weighted by Crippen LogP contribution is -2.22. The van der Waals surface area contributed by atoms with Crippen LogP contribution in [0.1, 0.15) is 18.1 Å². The van der Waals surface area contributed by atoms with E-state index < -0.39 is 0 Å². The third-order valence-corrected chi connectivity index (χ3v) is 3.68. The molecule has 0 aromatic heterocycles. The van der Waals surface area contributed by atoms with Gasteiger partial charge >= 0.3 is 0 Å². The molecule has 0 aliphatic carbocycles. The number of hydrogen-bond acceptors (Lipinski definition) is 3. The van der Waals surface area contributed by atoms with Crippen LogP contribution in [0.5, 0.6) is 5.75 Å². The van der Waals surface area contributed by atoms with Crippen molar-refractivity contribution in [1.82, 2.24) is 0 Å². The Labute approximate surface area is 143 Å². The van der Waals surface area contributed by atoms with Gasteiger partial charge in [-0.3, -0.25) is 4.79 Å². The minimum Gasteiger partial charge on any atom is -0.487 e. The van der Waals surface area contributed by atoms with Crippen molar-refractivity contribution in [2.75, 3.05) is 23.8 Å². The number of anilines is 2. The number of nitrogens with one attached hydrogen (secondary N) is 2. The van der Waals surface area contributed by atoms with Crippen LogP contribution in [-0.2, 0) is 4.79 Å². The van der Waals surface area contributed by atoms with Crippen LogP contribution in [0.2, 0.25) is 0 Å². The van der Waals surface area contributed by atoms with Gasteiger partial charge in [0.2, 0.25) is 5.91 Å². The minimum atomic E-state index is -0.0987. The second-order valence-electron chi connectivity index (χ2n) is 5.89. The van der Waals surface area contributed by atoms with Crippen molar-refractivity contribution >= 4 is 17.3 Å². The third-order valence-electron chi connectivity index (χ3n) is 3.68. The van der Waals surface area contributed by atoms with E-state index in [0.29, 0.717) is 12.4 Å². The third kappa shape index (κ3) is 4.88. The van der Waals surface area contributed by atoms with Gasteiger partial charge in [0, 0.05) is 5.69 Å². The molecule has 0 bridgehead atoms. The second-order valence-corrected chi connectivity index (χ2v) is 5.89. The summed E-state index contributed by atoms with van der Waals surface area (Å²) < 4.78 is 5.69. The number of aryl methyl sites for hydroxylation is 1. The number of carbonyl (C=O) groups excluding carboxylic acids is 1. The van der Waals surface area contributed by atoms with Crippen molar-refractivity contribution in [2.24, 2.45) is 0 Å². The topological polar surface area (TPSA) is 50.4 Å². The zero-order valence-electron chi connectivity index (χ0n) is 14.5. The number of amides is 1. The molecule has 126 valence electrons. The van der Waals surface area contributed by atoms with Gasteiger partial charge in [0.15, 0.2) is 0 Å². The van der Waals surface area contributed by atoms with Crippen LogP contribution in [0.25, 0.3) is 0 Å². The molecular formula is C20H24N2O2. The Morgan fingerprint density at radius 2 is 1.79 bits per heavy atom. The maximum absolute atomic E-state index is 12.2. The predicted molar refractivity (Wildman–Crippen MR) is 99.8 cm³/mol. The van der Waals surface area contributed by atoms with Crippen LogP contribution in [0.3, 0.4) is 0 Å². The molecule has 0 radical (unpaired) electrons. The first kappa shape index (κ1) is 17.6. The fourth-order valence-electron chi connectivity index (χ4n) is 2.20. The van der Waals surface area contributed by atoms with E-state index >= 15 is 0 Å². The molecule has 0 saturated carbocycles. The number of ether oxygens (including phenoxy) is 1. The van der Waals surface area contributed by atoms with Gasteiger partial charge in [-0.1, -0.05) is 30.8 Å². The predicted octanol–water partition coefficient (Wildman–Crippen LogP) is 4.31. The van der Waals surface area contributed by atoms with Gasteiger partial charge in [0.25, 0.3) is 0 Å². The first-order valence-electron chi connectivity index (χ1n) is 7.93. The molecule has 2 N–H and O–H groups in total. The van der Waals surface area contributed by atoms with Crippen molar-refractivity contribution in [1.29, 1.82) is 0 Å².